The third-order valence-corrected chi connectivity index (χ3v) is 6.64. The van der Waals surface area contributed by atoms with Gasteiger partial charge in [-0.2, -0.15) is 0 Å². The lowest BCUT2D eigenvalue weighted by molar-refractivity contribution is 0.191. The van der Waals surface area contributed by atoms with Crippen molar-refractivity contribution in [2.24, 2.45) is 0 Å². The molecule has 176 valence electrons. The molecular weight excluding hydrogens is 440 g/mol. The van der Waals surface area contributed by atoms with Crippen molar-refractivity contribution < 1.29 is 9.53 Å². The minimum Gasteiger partial charge on any atom is -0.497 e. The lowest BCUT2D eigenvalue weighted by Crippen LogP contribution is -2.42. The lowest BCUT2D eigenvalue weighted by atomic mass is 9.97. The van der Waals surface area contributed by atoms with E-state index < -0.39 is 0 Å². The summed E-state index contributed by atoms with van der Waals surface area (Å²) >= 11 is 0. The second-order valence-corrected chi connectivity index (χ2v) is 8.79. The minimum absolute atomic E-state index is 0.116. The van der Waals surface area contributed by atoms with Gasteiger partial charge in [0.15, 0.2) is 0 Å². The number of ether oxygens (including phenoxy) is 1. The highest BCUT2D eigenvalue weighted by Crippen LogP contribution is 2.33. The van der Waals surface area contributed by atoms with Crippen LogP contribution in [-0.4, -0.2) is 49.9 Å². The second-order valence-electron chi connectivity index (χ2n) is 8.79. The minimum atomic E-state index is -0.116. The molecule has 6 rings (SSSR count). The quantitative estimate of drug-likeness (QED) is 0.401. The highest BCUT2D eigenvalue weighted by Gasteiger charge is 2.29. The van der Waals surface area contributed by atoms with Gasteiger partial charge in [-0.3, -0.25) is 9.72 Å². The monoisotopic (exact) mass is 466 g/mol. The molecule has 1 aromatic carbocycles. The van der Waals surface area contributed by atoms with Crippen molar-refractivity contribution in [2.75, 3.05) is 25.5 Å². The summed E-state index contributed by atoms with van der Waals surface area (Å²) in [7, 11) is 1.67. The number of likely N-dealkylation sites (tertiary alicyclic amines) is 1. The number of imidazole rings is 2. The molecule has 1 atom stereocenters. The zero-order valence-electron chi connectivity index (χ0n) is 19.5. The molecule has 0 unspecified atom stereocenters. The second kappa shape index (κ2) is 8.79. The predicted octanol–water partition coefficient (Wildman–Crippen LogP) is 5.07. The van der Waals surface area contributed by atoms with Crippen LogP contribution in [0.4, 0.5) is 10.6 Å². The first-order chi connectivity index (χ1) is 17.2. The first-order valence-electron chi connectivity index (χ1n) is 11.8. The number of methoxy groups -OCH3 is 1. The fraction of sp³-hybridized carbons (Fsp3) is 0.222. The van der Waals surface area contributed by atoms with Crippen molar-refractivity contribution in [1.82, 2.24) is 23.7 Å². The zero-order chi connectivity index (χ0) is 23.8. The van der Waals surface area contributed by atoms with E-state index in [1.165, 1.54) is 0 Å². The van der Waals surface area contributed by atoms with Crippen molar-refractivity contribution in [3.63, 3.8) is 0 Å². The fourth-order valence-electron chi connectivity index (χ4n) is 4.92. The maximum atomic E-state index is 13.2. The van der Waals surface area contributed by atoms with E-state index in [0.717, 1.165) is 46.8 Å². The Morgan fingerprint density at radius 1 is 1.06 bits per heavy atom. The Bertz CT molecular complexity index is 1520. The smallest absolute Gasteiger partial charge is 0.323 e. The molecule has 35 heavy (non-hydrogen) atoms. The Hall–Kier alpha value is -4.33. The molecule has 5 heterocycles. The highest BCUT2D eigenvalue weighted by atomic mass is 16.5. The van der Waals surface area contributed by atoms with Crippen LogP contribution in [0.2, 0.25) is 0 Å². The molecule has 1 saturated heterocycles. The number of urea groups is 1. The van der Waals surface area contributed by atoms with Gasteiger partial charge in [-0.05, 0) is 49.2 Å². The Balaban J connectivity index is 1.29. The van der Waals surface area contributed by atoms with Crippen LogP contribution in [0.25, 0.3) is 22.4 Å². The van der Waals surface area contributed by atoms with E-state index >= 15 is 0 Å². The highest BCUT2D eigenvalue weighted by molar-refractivity contribution is 5.89. The number of nitrogens with zero attached hydrogens (tertiary/aromatic N) is 5. The van der Waals surface area contributed by atoms with Crippen LogP contribution in [0.5, 0.6) is 5.75 Å². The Kier molecular flexibility index (Phi) is 5.33. The van der Waals surface area contributed by atoms with Crippen LogP contribution in [0.3, 0.4) is 0 Å². The van der Waals surface area contributed by atoms with Crippen LogP contribution < -0.4 is 10.1 Å². The summed E-state index contributed by atoms with van der Waals surface area (Å²) in [6.45, 7) is 1.32. The van der Waals surface area contributed by atoms with Gasteiger partial charge in [0, 0.05) is 37.0 Å². The molecule has 0 saturated carbocycles. The molecule has 8 heteroatoms. The van der Waals surface area contributed by atoms with Crippen LogP contribution in [-0.2, 0) is 0 Å². The van der Waals surface area contributed by atoms with Crippen molar-refractivity contribution >= 4 is 23.0 Å². The maximum Gasteiger partial charge on any atom is 0.323 e. The summed E-state index contributed by atoms with van der Waals surface area (Å²) in [5.74, 6) is 2.57. The molecule has 4 aromatic heterocycles. The number of amides is 2. The number of piperidine rings is 1. The SMILES string of the molecule is COc1cccc(-c2nc([C@@H]3CCCN(C(=O)Nc4cnc5ccccn45)C3)n3ccccc23)c1. The summed E-state index contributed by atoms with van der Waals surface area (Å²) in [5.41, 5.74) is 3.78. The standard InChI is InChI=1S/C27H26N6O2/c1-35-21-10-6-8-19(16-21)25-22-11-2-4-14-32(22)26(30-25)20-9-7-13-31(18-20)27(34)29-24-17-28-23-12-3-5-15-33(23)24/h2-6,8,10-12,14-17,20H,7,9,13,18H2,1H3,(H,29,34)/t20-/m1/s1. The third-order valence-electron chi connectivity index (χ3n) is 6.64. The average molecular weight is 467 g/mol. The molecule has 0 bridgehead atoms. The van der Waals surface area contributed by atoms with Crippen LogP contribution in [0.1, 0.15) is 24.6 Å². The topological polar surface area (TPSA) is 76.2 Å². The van der Waals surface area contributed by atoms with E-state index in [0.29, 0.717) is 18.9 Å². The third kappa shape index (κ3) is 3.86. The number of rotatable bonds is 4. The summed E-state index contributed by atoms with van der Waals surface area (Å²) in [4.78, 5) is 24.5. The van der Waals surface area contributed by atoms with Gasteiger partial charge in [0.2, 0.25) is 0 Å². The maximum absolute atomic E-state index is 13.2. The molecule has 0 spiro atoms. The molecule has 5 aromatic rings. The number of carbonyl (C=O) groups is 1. The lowest BCUT2D eigenvalue weighted by Gasteiger charge is -2.32. The van der Waals surface area contributed by atoms with Crippen molar-refractivity contribution in [3.05, 3.63) is 85.1 Å². The molecule has 1 aliphatic heterocycles. The van der Waals surface area contributed by atoms with E-state index in [-0.39, 0.29) is 11.9 Å². The molecular formula is C27H26N6O2. The number of hydrogen-bond donors (Lipinski definition) is 1. The Labute approximate surface area is 202 Å². The van der Waals surface area contributed by atoms with Crippen LogP contribution in [0.15, 0.2) is 79.3 Å². The first-order valence-corrected chi connectivity index (χ1v) is 11.8. The number of hydrogen-bond acceptors (Lipinski definition) is 4. The van der Waals surface area contributed by atoms with Crippen molar-refractivity contribution in [3.8, 4) is 17.0 Å². The number of carbonyl (C=O) groups excluding carboxylic acids is 1. The van der Waals surface area contributed by atoms with Crippen molar-refractivity contribution in [1.29, 1.82) is 0 Å². The number of nitrogens with one attached hydrogen (secondary N) is 1. The predicted molar refractivity (Wildman–Crippen MR) is 135 cm³/mol. The fourth-order valence-corrected chi connectivity index (χ4v) is 4.92. The Morgan fingerprint density at radius 2 is 1.91 bits per heavy atom. The largest absolute Gasteiger partial charge is 0.497 e. The molecule has 1 N–H and O–H groups in total. The number of aromatic nitrogens is 4. The summed E-state index contributed by atoms with van der Waals surface area (Å²) in [5, 5.41) is 3.03. The Morgan fingerprint density at radius 3 is 2.80 bits per heavy atom. The van der Waals surface area contributed by atoms with E-state index in [1.54, 1.807) is 13.3 Å². The van der Waals surface area contributed by atoms with Gasteiger partial charge in [-0.25, -0.2) is 14.8 Å². The van der Waals surface area contributed by atoms with E-state index in [1.807, 2.05) is 64.0 Å². The normalized spacial score (nSPS) is 16.0. The number of anilines is 1. The van der Waals surface area contributed by atoms with Gasteiger partial charge in [0.1, 0.15) is 23.0 Å². The summed E-state index contributed by atoms with van der Waals surface area (Å²) in [6, 6.07) is 19.8. The summed E-state index contributed by atoms with van der Waals surface area (Å²) in [6.07, 6.45) is 7.54. The van der Waals surface area contributed by atoms with Gasteiger partial charge >= 0.3 is 6.03 Å². The van der Waals surface area contributed by atoms with E-state index in [4.69, 9.17) is 9.72 Å². The first kappa shape index (κ1) is 21.2. The van der Waals surface area contributed by atoms with E-state index in [2.05, 4.69) is 33.0 Å². The summed E-state index contributed by atoms with van der Waals surface area (Å²) < 4.78 is 9.46. The van der Waals surface area contributed by atoms with E-state index in [9.17, 15) is 4.79 Å². The van der Waals surface area contributed by atoms with Crippen LogP contribution >= 0.6 is 0 Å². The molecule has 8 nitrogen and oxygen atoms in total. The van der Waals surface area contributed by atoms with Gasteiger partial charge in [-0.1, -0.05) is 24.3 Å². The number of benzene rings is 1. The number of fused-ring (bicyclic) bond motifs is 2. The van der Waals surface area contributed by atoms with Crippen molar-refractivity contribution in [2.45, 2.75) is 18.8 Å². The van der Waals surface area contributed by atoms with Crippen LogP contribution in [0, 0.1) is 0 Å². The molecule has 2 amide bonds. The van der Waals surface area contributed by atoms with Gasteiger partial charge in [-0.15, -0.1) is 0 Å². The molecule has 1 fully saturated rings. The molecule has 0 radical (unpaired) electrons. The molecule has 1 aliphatic rings. The zero-order valence-corrected chi connectivity index (χ0v) is 19.5. The van der Waals surface area contributed by atoms with Gasteiger partial charge in [0.25, 0.3) is 0 Å². The molecule has 0 aliphatic carbocycles. The van der Waals surface area contributed by atoms with Gasteiger partial charge in [0.05, 0.1) is 24.5 Å². The number of pyridine rings is 2. The average Bonchev–Trinajstić information content (AvgIpc) is 3.51. The van der Waals surface area contributed by atoms with Gasteiger partial charge < -0.3 is 14.0 Å².